The normalized spacial score (nSPS) is 11.8. The quantitative estimate of drug-likeness (QED) is 0.356. The van der Waals surface area contributed by atoms with Crippen molar-refractivity contribution in [3.05, 3.63) is 69.8 Å². The minimum absolute atomic E-state index is 0.0598. The highest BCUT2D eigenvalue weighted by Crippen LogP contribution is 2.34. The maximum atomic E-state index is 12.9. The molecule has 0 saturated heterocycles. The van der Waals surface area contributed by atoms with E-state index in [1.165, 1.54) is 42.5 Å². The molecule has 0 unspecified atom stereocenters. The van der Waals surface area contributed by atoms with E-state index in [2.05, 4.69) is 15.8 Å². The van der Waals surface area contributed by atoms with Gasteiger partial charge in [0.2, 0.25) is 0 Å². The number of benzene rings is 2. The van der Waals surface area contributed by atoms with Crippen LogP contribution in [-0.2, 0) is 6.18 Å². The zero-order valence-electron chi connectivity index (χ0n) is 13.4. The first-order valence-corrected chi connectivity index (χ1v) is 7.61. The van der Waals surface area contributed by atoms with E-state index in [0.717, 1.165) is 6.07 Å². The summed E-state index contributed by atoms with van der Waals surface area (Å²) in [5.41, 5.74) is 2.40. The predicted octanol–water partition coefficient (Wildman–Crippen LogP) is 4.32. The number of non-ortho nitro benzene ring substituents is 1. The first-order valence-electron chi connectivity index (χ1n) is 7.21. The molecule has 136 valence electrons. The number of anilines is 1. The molecular weight excluding hydrogens is 369 g/mol. The van der Waals surface area contributed by atoms with E-state index < -0.39 is 16.7 Å². The number of hydrazone groups is 1. The van der Waals surface area contributed by atoms with E-state index in [0.29, 0.717) is 11.3 Å². The minimum atomic E-state index is -4.52. The second kappa shape index (κ2) is 7.91. The van der Waals surface area contributed by atoms with Crippen LogP contribution >= 0.6 is 12.2 Å². The van der Waals surface area contributed by atoms with Gasteiger partial charge in [0.15, 0.2) is 5.11 Å². The molecule has 26 heavy (non-hydrogen) atoms. The number of hydrogen-bond acceptors (Lipinski definition) is 4. The average molecular weight is 382 g/mol. The molecule has 6 nitrogen and oxygen atoms in total. The number of nitro groups is 1. The number of thiocarbonyl (C=S) groups is 1. The summed E-state index contributed by atoms with van der Waals surface area (Å²) in [5.74, 6) is 0. The number of nitrogens with zero attached hydrogens (tertiary/aromatic N) is 2. The van der Waals surface area contributed by atoms with Crippen molar-refractivity contribution in [3.8, 4) is 0 Å². The molecule has 0 aliphatic heterocycles. The number of halogens is 3. The molecule has 2 aromatic rings. The Morgan fingerprint density at radius 2 is 1.77 bits per heavy atom. The Kier molecular flexibility index (Phi) is 5.88. The highest BCUT2D eigenvalue weighted by atomic mass is 32.1. The molecule has 0 bridgehead atoms. The second-order valence-corrected chi connectivity index (χ2v) is 5.52. The summed E-state index contributed by atoms with van der Waals surface area (Å²) in [6.07, 6.45) is -4.52. The van der Waals surface area contributed by atoms with E-state index in [-0.39, 0.29) is 16.5 Å². The Morgan fingerprint density at radius 1 is 1.15 bits per heavy atom. The molecular formula is C16H13F3N4O2S. The van der Waals surface area contributed by atoms with Crippen molar-refractivity contribution in [3.63, 3.8) is 0 Å². The maximum absolute atomic E-state index is 12.9. The lowest BCUT2D eigenvalue weighted by atomic mass is 10.1. The monoisotopic (exact) mass is 382 g/mol. The molecule has 2 rings (SSSR count). The third-order valence-corrected chi connectivity index (χ3v) is 3.50. The molecule has 0 saturated carbocycles. The molecule has 0 aliphatic rings. The van der Waals surface area contributed by atoms with E-state index in [1.807, 2.05) is 0 Å². The van der Waals surface area contributed by atoms with Gasteiger partial charge in [-0.2, -0.15) is 18.3 Å². The maximum Gasteiger partial charge on any atom is 0.418 e. The summed E-state index contributed by atoms with van der Waals surface area (Å²) in [7, 11) is 0. The van der Waals surface area contributed by atoms with Crippen molar-refractivity contribution in [1.82, 2.24) is 5.43 Å². The fraction of sp³-hybridized carbons (Fsp3) is 0.125. The number of nitro benzene ring substituents is 1. The van der Waals surface area contributed by atoms with E-state index in [4.69, 9.17) is 12.2 Å². The molecule has 0 radical (unpaired) electrons. The Labute approximate surface area is 151 Å². The smallest absolute Gasteiger partial charge is 0.331 e. The van der Waals surface area contributed by atoms with Crippen LogP contribution in [0, 0.1) is 10.1 Å². The van der Waals surface area contributed by atoms with Crippen LogP contribution in [0.4, 0.5) is 24.5 Å². The summed E-state index contributed by atoms with van der Waals surface area (Å²) in [6, 6.07) is 10.6. The zero-order chi connectivity index (χ0) is 19.3. The summed E-state index contributed by atoms with van der Waals surface area (Å²) in [5, 5.41) is 16.9. The lowest BCUT2D eigenvalue weighted by Gasteiger charge is -2.14. The van der Waals surface area contributed by atoms with Gasteiger partial charge in [0.1, 0.15) is 0 Å². The SMILES string of the molecule is C/C(=N\NC(=S)Nc1ccccc1C(F)(F)F)c1ccc([N+](=O)[O-])cc1. The van der Waals surface area contributed by atoms with Crippen LogP contribution in [0.25, 0.3) is 0 Å². The van der Waals surface area contributed by atoms with Crippen LogP contribution in [0.5, 0.6) is 0 Å². The van der Waals surface area contributed by atoms with Crippen LogP contribution in [0.1, 0.15) is 18.1 Å². The lowest BCUT2D eigenvalue weighted by molar-refractivity contribution is -0.384. The van der Waals surface area contributed by atoms with Crippen LogP contribution in [-0.4, -0.2) is 15.7 Å². The van der Waals surface area contributed by atoms with Gasteiger partial charge in [-0.3, -0.25) is 15.5 Å². The van der Waals surface area contributed by atoms with Crippen molar-refractivity contribution >= 4 is 34.4 Å². The standard InChI is InChI=1S/C16H13F3N4O2S/c1-10(11-6-8-12(9-7-11)23(24)25)21-22-15(26)20-14-5-3-2-4-13(14)16(17,18)19/h2-9H,1H3,(H2,20,22,26)/b21-10+. The van der Waals surface area contributed by atoms with Crippen LogP contribution in [0.3, 0.4) is 0 Å². The highest BCUT2D eigenvalue weighted by molar-refractivity contribution is 7.80. The third-order valence-electron chi connectivity index (χ3n) is 3.30. The molecule has 0 atom stereocenters. The van der Waals surface area contributed by atoms with Crippen molar-refractivity contribution in [1.29, 1.82) is 0 Å². The van der Waals surface area contributed by atoms with Crippen molar-refractivity contribution < 1.29 is 18.1 Å². The summed E-state index contributed by atoms with van der Waals surface area (Å²) >= 11 is 4.96. The summed E-state index contributed by atoms with van der Waals surface area (Å²) < 4.78 is 38.8. The van der Waals surface area contributed by atoms with E-state index >= 15 is 0 Å². The number of alkyl halides is 3. The minimum Gasteiger partial charge on any atom is -0.331 e. The summed E-state index contributed by atoms with van der Waals surface area (Å²) in [6.45, 7) is 1.63. The largest absolute Gasteiger partial charge is 0.418 e. The molecule has 2 aromatic carbocycles. The second-order valence-electron chi connectivity index (χ2n) is 5.11. The molecule has 0 aliphatic carbocycles. The summed E-state index contributed by atoms with van der Waals surface area (Å²) in [4.78, 5) is 10.1. The number of hydrogen-bond donors (Lipinski definition) is 2. The fourth-order valence-electron chi connectivity index (χ4n) is 2.01. The van der Waals surface area contributed by atoms with Gasteiger partial charge in [-0.15, -0.1) is 0 Å². The molecule has 2 N–H and O–H groups in total. The first kappa shape index (κ1) is 19.3. The average Bonchev–Trinajstić information content (AvgIpc) is 2.59. The molecule has 10 heteroatoms. The molecule has 0 fully saturated rings. The lowest BCUT2D eigenvalue weighted by Crippen LogP contribution is -2.26. The van der Waals surface area contributed by atoms with Gasteiger partial charge in [-0.25, -0.2) is 0 Å². The molecule has 0 amide bonds. The predicted molar refractivity (Wildman–Crippen MR) is 96.1 cm³/mol. The van der Waals surface area contributed by atoms with Gasteiger partial charge in [-0.05, 0) is 49.0 Å². The van der Waals surface area contributed by atoms with Crippen LogP contribution in [0.15, 0.2) is 53.6 Å². The Morgan fingerprint density at radius 3 is 2.35 bits per heavy atom. The van der Waals surface area contributed by atoms with Gasteiger partial charge >= 0.3 is 6.18 Å². The van der Waals surface area contributed by atoms with Crippen molar-refractivity contribution in [2.45, 2.75) is 13.1 Å². The Bertz CT molecular complexity index is 851. The van der Waals surface area contributed by atoms with Crippen LogP contribution in [0.2, 0.25) is 0 Å². The van der Waals surface area contributed by atoms with Gasteiger partial charge in [0, 0.05) is 12.1 Å². The van der Waals surface area contributed by atoms with Crippen molar-refractivity contribution in [2.75, 3.05) is 5.32 Å². The van der Waals surface area contributed by atoms with E-state index in [1.54, 1.807) is 6.92 Å². The Hall–Kier alpha value is -3.01. The Balaban J connectivity index is 2.06. The van der Waals surface area contributed by atoms with Gasteiger partial charge in [0.25, 0.3) is 5.69 Å². The molecule has 0 heterocycles. The first-order chi connectivity index (χ1) is 12.2. The third kappa shape index (κ3) is 4.99. The highest BCUT2D eigenvalue weighted by Gasteiger charge is 2.33. The molecule has 0 spiro atoms. The number of nitrogens with one attached hydrogen (secondary N) is 2. The van der Waals surface area contributed by atoms with Crippen LogP contribution < -0.4 is 10.7 Å². The van der Waals surface area contributed by atoms with Crippen molar-refractivity contribution in [2.24, 2.45) is 5.10 Å². The topological polar surface area (TPSA) is 79.6 Å². The fourth-order valence-corrected chi connectivity index (χ4v) is 2.17. The van der Waals surface area contributed by atoms with Gasteiger partial charge < -0.3 is 5.32 Å². The number of para-hydroxylation sites is 1. The number of rotatable bonds is 4. The van der Waals surface area contributed by atoms with Gasteiger partial charge in [-0.1, -0.05) is 12.1 Å². The van der Waals surface area contributed by atoms with E-state index in [9.17, 15) is 23.3 Å². The zero-order valence-corrected chi connectivity index (χ0v) is 14.2. The van der Waals surface area contributed by atoms with Gasteiger partial charge in [0.05, 0.1) is 21.9 Å². The molecule has 0 aromatic heterocycles.